The minimum Gasteiger partial charge on any atom is -0.399 e. The molecule has 7 nitrogen and oxygen atoms in total. The maximum atomic E-state index is 12.8. The summed E-state index contributed by atoms with van der Waals surface area (Å²) >= 11 is 0. The lowest BCUT2D eigenvalue weighted by molar-refractivity contribution is -0.384. The second-order valence-electron chi connectivity index (χ2n) is 7.53. The molecule has 1 heterocycles. The third-order valence-corrected chi connectivity index (χ3v) is 5.67. The lowest BCUT2D eigenvalue weighted by atomic mass is 9.87. The Kier molecular flexibility index (Phi) is 4.90. The Morgan fingerprint density at radius 3 is 2.68 bits per heavy atom. The number of nitro groups is 1. The number of fused-ring (bicyclic) bond motifs is 1. The summed E-state index contributed by atoms with van der Waals surface area (Å²) in [7, 11) is 0. The Balaban J connectivity index is 1.57. The summed E-state index contributed by atoms with van der Waals surface area (Å²) in [4.78, 5) is 26.0. The first-order chi connectivity index (χ1) is 13.5. The lowest BCUT2D eigenvalue weighted by Gasteiger charge is -2.27. The number of nitro benzene ring substituents is 1. The largest absolute Gasteiger partial charge is 0.399 e. The number of hydrogen-bond donors (Lipinski definition) is 2. The van der Waals surface area contributed by atoms with Crippen molar-refractivity contribution in [3.63, 3.8) is 0 Å². The minimum atomic E-state index is -0.400. The van der Waals surface area contributed by atoms with E-state index in [1.165, 1.54) is 6.07 Å². The van der Waals surface area contributed by atoms with Crippen LogP contribution in [0.15, 0.2) is 36.4 Å². The third kappa shape index (κ3) is 3.52. The maximum absolute atomic E-state index is 12.8. The van der Waals surface area contributed by atoms with Gasteiger partial charge in [-0.15, -0.1) is 0 Å². The van der Waals surface area contributed by atoms with Crippen molar-refractivity contribution in [1.82, 2.24) is 5.32 Å². The molecule has 1 unspecified atom stereocenters. The van der Waals surface area contributed by atoms with Crippen LogP contribution in [0.25, 0.3) is 0 Å². The van der Waals surface area contributed by atoms with Gasteiger partial charge in [0, 0.05) is 30.4 Å². The first kappa shape index (κ1) is 18.3. The fraction of sp³-hybridized carbons (Fsp3) is 0.381. The molecule has 0 bridgehead atoms. The van der Waals surface area contributed by atoms with Crippen LogP contribution >= 0.6 is 0 Å². The third-order valence-electron chi connectivity index (χ3n) is 5.67. The molecule has 0 saturated carbocycles. The molecule has 2 aromatic carbocycles. The number of aryl methyl sites for hydroxylation is 1. The fourth-order valence-corrected chi connectivity index (χ4v) is 4.26. The Bertz CT molecular complexity index is 922. The van der Waals surface area contributed by atoms with Crippen molar-refractivity contribution in [1.29, 1.82) is 0 Å². The normalized spacial score (nSPS) is 18.6. The van der Waals surface area contributed by atoms with Gasteiger partial charge >= 0.3 is 0 Å². The predicted molar refractivity (Wildman–Crippen MR) is 109 cm³/mol. The topological polar surface area (TPSA) is 102 Å². The van der Waals surface area contributed by atoms with E-state index >= 15 is 0 Å². The Labute approximate surface area is 163 Å². The number of carbonyl (C=O) groups excluding carboxylic acids is 1. The van der Waals surface area contributed by atoms with E-state index in [0.717, 1.165) is 62.0 Å². The Morgan fingerprint density at radius 1 is 1.14 bits per heavy atom. The van der Waals surface area contributed by atoms with E-state index in [4.69, 9.17) is 5.73 Å². The van der Waals surface area contributed by atoms with Crippen LogP contribution in [0, 0.1) is 10.1 Å². The summed E-state index contributed by atoms with van der Waals surface area (Å²) in [6.07, 6.45) is 4.82. The van der Waals surface area contributed by atoms with Gasteiger partial charge in [-0.2, -0.15) is 0 Å². The molecule has 1 amide bonds. The van der Waals surface area contributed by atoms with Gasteiger partial charge in [0.1, 0.15) is 5.69 Å². The van der Waals surface area contributed by atoms with Crippen LogP contribution in [0.3, 0.4) is 0 Å². The second-order valence-corrected chi connectivity index (χ2v) is 7.53. The number of nitrogens with two attached hydrogens (primary N) is 1. The SMILES string of the molecule is Nc1ccc2c(c1)CCCC2NC(=O)c1ccc(N2CCCC2)c([N+](=O)[O-])c1. The number of nitrogens with one attached hydrogen (secondary N) is 1. The highest BCUT2D eigenvalue weighted by molar-refractivity contribution is 5.96. The number of nitrogen functional groups attached to an aromatic ring is 1. The van der Waals surface area contributed by atoms with Gasteiger partial charge in [0.05, 0.1) is 11.0 Å². The van der Waals surface area contributed by atoms with Crippen molar-refractivity contribution in [3.8, 4) is 0 Å². The van der Waals surface area contributed by atoms with Crippen molar-refractivity contribution in [2.45, 2.75) is 38.1 Å². The van der Waals surface area contributed by atoms with Gasteiger partial charge in [-0.25, -0.2) is 0 Å². The zero-order valence-corrected chi connectivity index (χ0v) is 15.7. The van der Waals surface area contributed by atoms with Crippen LogP contribution in [0.5, 0.6) is 0 Å². The molecule has 1 aliphatic carbocycles. The van der Waals surface area contributed by atoms with E-state index in [2.05, 4.69) is 5.32 Å². The molecule has 7 heteroatoms. The van der Waals surface area contributed by atoms with Crippen LogP contribution in [-0.2, 0) is 6.42 Å². The van der Waals surface area contributed by atoms with Crippen LogP contribution in [0.2, 0.25) is 0 Å². The monoisotopic (exact) mass is 380 g/mol. The molecule has 4 rings (SSSR count). The number of amides is 1. The molecular weight excluding hydrogens is 356 g/mol. The van der Waals surface area contributed by atoms with Gasteiger partial charge < -0.3 is 16.0 Å². The number of nitrogens with zero attached hydrogens (tertiary/aromatic N) is 2. The predicted octanol–water partition coefficient (Wildman–Crippen LogP) is 3.58. The van der Waals surface area contributed by atoms with Gasteiger partial charge in [0.15, 0.2) is 0 Å². The highest BCUT2D eigenvalue weighted by Gasteiger charge is 2.26. The second kappa shape index (κ2) is 7.50. The smallest absolute Gasteiger partial charge is 0.293 e. The zero-order valence-electron chi connectivity index (χ0n) is 15.7. The molecule has 2 aliphatic rings. The summed E-state index contributed by atoms with van der Waals surface area (Å²) < 4.78 is 0. The first-order valence-electron chi connectivity index (χ1n) is 9.75. The zero-order chi connectivity index (χ0) is 19.7. The highest BCUT2D eigenvalue weighted by Crippen LogP contribution is 2.33. The summed E-state index contributed by atoms with van der Waals surface area (Å²) in [6.45, 7) is 1.63. The molecule has 1 fully saturated rings. The maximum Gasteiger partial charge on any atom is 0.293 e. The van der Waals surface area contributed by atoms with Crippen LogP contribution in [0.1, 0.15) is 53.2 Å². The van der Waals surface area contributed by atoms with E-state index in [1.54, 1.807) is 12.1 Å². The molecule has 0 radical (unpaired) electrons. The molecule has 1 saturated heterocycles. The van der Waals surface area contributed by atoms with E-state index in [0.29, 0.717) is 11.3 Å². The van der Waals surface area contributed by atoms with E-state index in [1.807, 2.05) is 23.1 Å². The van der Waals surface area contributed by atoms with Gasteiger partial charge in [-0.05, 0) is 67.5 Å². The van der Waals surface area contributed by atoms with E-state index < -0.39 is 4.92 Å². The summed E-state index contributed by atoms with van der Waals surface area (Å²) in [5, 5.41) is 14.6. The molecule has 1 atom stereocenters. The van der Waals surface area contributed by atoms with Crippen LogP contribution in [-0.4, -0.2) is 23.9 Å². The molecule has 0 aromatic heterocycles. The standard InChI is InChI=1S/C21H24N4O3/c22-16-7-8-17-14(12-16)4-3-5-18(17)23-21(26)15-6-9-19(20(13-15)25(27)28)24-10-1-2-11-24/h6-9,12-13,18H,1-5,10-11,22H2,(H,23,26). The molecule has 1 aliphatic heterocycles. The molecule has 28 heavy (non-hydrogen) atoms. The van der Waals surface area contributed by atoms with E-state index in [-0.39, 0.29) is 17.6 Å². The van der Waals surface area contributed by atoms with Crippen molar-refractivity contribution in [2.75, 3.05) is 23.7 Å². The van der Waals surface area contributed by atoms with Crippen molar-refractivity contribution in [3.05, 3.63) is 63.2 Å². The van der Waals surface area contributed by atoms with Crippen molar-refractivity contribution < 1.29 is 9.72 Å². The summed E-state index contributed by atoms with van der Waals surface area (Å²) in [6, 6.07) is 10.5. The number of rotatable bonds is 4. The fourth-order valence-electron chi connectivity index (χ4n) is 4.26. The highest BCUT2D eigenvalue weighted by atomic mass is 16.6. The molecular formula is C21H24N4O3. The average molecular weight is 380 g/mol. The molecule has 0 spiro atoms. The number of benzene rings is 2. The Morgan fingerprint density at radius 2 is 1.93 bits per heavy atom. The lowest BCUT2D eigenvalue weighted by Crippen LogP contribution is -2.31. The summed E-state index contributed by atoms with van der Waals surface area (Å²) in [5.41, 5.74) is 9.74. The number of carbonyl (C=O) groups is 1. The van der Waals surface area contributed by atoms with Gasteiger partial charge in [0.25, 0.3) is 11.6 Å². The quantitative estimate of drug-likeness (QED) is 0.479. The molecule has 2 aromatic rings. The van der Waals surface area contributed by atoms with Crippen molar-refractivity contribution >= 4 is 23.0 Å². The van der Waals surface area contributed by atoms with E-state index in [9.17, 15) is 14.9 Å². The molecule has 146 valence electrons. The molecule has 3 N–H and O–H groups in total. The van der Waals surface area contributed by atoms with Crippen LogP contribution < -0.4 is 16.0 Å². The van der Waals surface area contributed by atoms with Crippen molar-refractivity contribution in [2.24, 2.45) is 0 Å². The van der Waals surface area contributed by atoms with Gasteiger partial charge in [-0.1, -0.05) is 6.07 Å². The summed E-state index contributed by atoms with van der Waals surface area (Å²) in [5.74, 6) is -0.286. The van der Waals surface area contributed by atoms with Crippen LogP contribution in [0.4, 0.5) is 17.1 Å². The average Bonchev–Trinajstić information content (AvgIpc) is 3.22. The first-order valence-corrected chi connectivity index (χ1v) is 9.75. The van der Waals surface area contributed by atoms with Gasteiger partial charge in [0.2, 0.25) is 0 Å². The minimum absolute atomic E-state index is 0.00799. The Hall–Kier alpha value is -3.09. The number of hydrogen-bond acceptors (Lipinski definition) is 5. The van der Waals surface area contributed by atoms with Gasteiger partial charge in [-0.3, -0.25) is 14.9 Å². The number of anilines is 2.